The van der Waals surface area contributed by atoms with E-state index in [0.29, 0.717) is 13.1 Å². The third-order valence-electron chi connectivity index (χ3n) is 3.28. The molecule has 2 aromatic rings. The molecule has 0 aliphatic rings. The zero-order valence-corrected chi connectivity index (χ0v) is 14.1. The molecule has 114 valence electrons. The van der Waals surface area contributed by atoms with Crippen molar-refractivity contribution >= 4 is 21.8 Å². The maximum absolute atomic E-state index is 12.4. The Hall–Kier alpha value is -1.63. The van der Waals surface area contributed by atoms with Crippen molar-refractivity contribution < 1.29 is 4.79 Å². The number of aryl methyl sites for hydroxylation is 1. The zero-order chi connectivity index (χ0) is 15.4. The van der Waals surface area contributed by atoms with E-state index in [0.717, 1.165) is 16.7 Å². The molecule has 1 unspecified atom stereocenters. The van der Waals surface area contributed by atoms with Crippen molar-refractivity contribution in [3.63, 3.8) is 0 Å². The number of carbonyl (C=O) groups is 1. The lowest BCUT2D eigenvalue weighted by molar-refractivity contribution is -0.134. The molecule has 2 aromatic heterocycles. The Kier molecular flexibility index (Phi) is 5.17. The molecule has 0 aliphatic heterocycles. The van der Waals surface area contributed by atoms with Crippen LogP contribution in [0.15, 0.2) is 29.1 Å². The first kappa shape index (κ1) is 15.8. The van der Waals surface area contributed by atoms with Gasteiger partial charge < -0.3 is 4.90 Å². The van der Waals surface area contributed by atoms with E-state index in [1.165, 1.54) is 0 Å². The van der Waals surface area contributed by atoms with Crippen molar-refractivity contribution in [2.45, 2.75) is 33.5 Å². The molecule has 1 amide bonds. The molecule has 21 heavy (non-hydrogen) atoms. The lowest BCUT2D eigenvalue weighted by Gasteiger charge is -2.20. The van der Waals surface area contributed by atoms with E-state index in [1.807, 2.05) is 44.0 Å². The molecule has 0 aromatic carbocycles. The summed E-state index contributed by atoms with van der Waals surface area (Å²) in [5.74, 6) is -0.0391. The number of halogens is 1. The highest BCUT2D eigenvalue weighted by Gasteiger charge is 2.19. The van der Waals surface area contributed by atoms with Crippen molar-refractivity contribution in [1.82, 2.24) is 24.5 Å². The largest absolute Gasteiger partial charge is 0.339 e. The summed E-state index contributed by atoms with van der Waals surface area (Å²) < 4.78 is 4.55. The van der Waals surface area contributed by atoms with Gasteiger partial charge in [0.05, 0.1) is 35.4 Å². The Morgan fingerprint density at radius 2 is 2.24 bits per heavy atom. The molecular formula is C14H20BrN5O. The van der Waals surface area contributed by atoms with E-state index in [9.17, 15) is 4.79 Å². The lowest BCUT2D eigenvalue weighted by Crippen LogP contribution is -2.33. The quantitative estimate of drug-likeness (QED) is 0.799. The lowest BCUT2D eigenvalue weighted by atomic mass is 10.1. The van der Waals surface area contributed by atoms with Gasteiger partial charge >= 0.3 is 0 Å². The van der Waals surface area contributed by atoms with Crippen LogP contribution in [0.4, 0.5) is 0 Å². The second-order valence-electron chi connectivity index (χ2n) is 5.14. The second-order valence-corrected chi connectivity index (χ2v) is 6.05. The average molecular weight is 354 g/mol. The van der Waals surface area contributed by atoms with E-state index >= 15 is 0 Å². The number of nitrogens with zero attached hydrogens (tertiary/aromatic N) is 5. The first-order valence-corrected chi connectivity index (χ1v) is 7.74. The van der Waals surface area contributed by atoms with Gasteiger partial charge in [0, 0.05) is 26.0 Å². The summed E-state index contributed by atoms with van der Waals surface area (Å²) >= 11 is 3.35. The fourth-order valence-electron chi connectivity index (χ4n) is 2.16. The average Bonchev–Trinajstić information content (AvgIpc) is 3.06. The van der Waals surface area contributed by atoms with E-state index in [-0.39, 0.29) is 11.8 Å². The van der Waals surface area contributed by atoms with Gasteiger partial charge in [-0.3, -0.25) is 14.2 Å². The summed E-state index contributed by atoms with van der Waals surface area (Å²) in [6, 6.07) is 1.95. The van der Waals surface area contributed by atoms with Crippen LogP contribution in [0, 0.1) is 5.92 Å². The highest BCUT2D eigenvalue weighted by Crippen LogP contribution is 2.11. The monoisotopic (exact) mass is 353 g/mol. The van der Waals surface area contributed by atoms with Crippen LogP contribution in [0.1, 0.15) is 19.5 Å². The Labute approximate surface area is 132 Å². The molecule has 0 spiro atoms. The summed E-state index contributed by atoms with van der Waals surface area (Å²) in [6.07, 6.45) is 5.52. The first-order valence-electron chi connectivity index (χ1n) is 6.95. The van der Waals surface area contributed by atoms with Gasteiger partial charge in [0.25, 0.3) is 0 Å². The van der Waals surface area contributed by atoms with E-state index in [4.69, 9.17) is 0 Å². The molecule has 0 saturated carbocycles. The minimum atomic E-state index is -0.130. The van der Waals surface area contributed by atoms with Crippen molar-refractivity contribution in [2.75, 3.05) is 7.05 Å². The zero-order valence-electron chi connectivity index (χ0n) is 12.5. The topological polar surface area (TPSA) is 56.0 Å². The first-order chi connectivity index (χ1) is 9.99. The third kappa shape index (κ3) is 4.17. The van der Waals surface area contributed by atoms with Crippen LogP contribution in [0.2, 0.25) is 0 Å². The summed E-state index contributed by atoms with van der Waals surface area (Å²) in [4.78, 5) is 14.1. The van der Waals surface area contributed by atoms with Crippen molar-refractivity contribution in [2.24, 2.45) is 5.92 Å². The van der Waals surface area contributed by atoms with Crippen LogP contribution in [0.25, 0.3) is 0 Å². The number of hydrogen-bond donors (Lipinski definition) is 0. The molecule has 7 heteroatoms. The Balaban J connectivity index is 1.91. The summed E-state index contributed by atoms with van der Waals surface area (Å²) in [5.41, 5.74) is 0.904. The van der Waals surface area contributed by atoms with Crippen LogP contribution < -0.4 is 0 Å². The molecule has 0 bridgehead atoms. The van der Waals surface area contributed by atoms with E-state index < -0.39 is 0 Å². The van der Waals surface area contributed by atoms with Crippen LogP contribution >= 0.6 is 15.9 Å². The smallest absolute Gasteiger partial charge is 0.227 e. The number of rotatable bonds is 6. The molecule has 0 N–H and O–H groups in total. The fraction of sp³-hybridized carbons (Fsp3) is 0.500. The summed E-state index contributed by atoms with van der Waals surface area (Å²) in [5, 5.41) is 8.58. The number of aromatic nitrogens is 4. The maximum Gasteiger partial charge on any atom is 0.227 e. The standard InChI is InChI=1S/C14H20BrN5O/c1-4-19-6-5-13(17-19)10-18(3)14(21)11(2)8-20-9-12(15)7-16-20/h5-7,9,11H,4,8,10H2,1-3H3. The third-order valence-corrected chi connectivity index (χ3v) is 3.69. The highest BCUT2D eigenvalue weighted by atomic mass is 79.9. The molecule has 1 atom stereocenters. The Morgan fingerprint density at radius 1 is 1.48 bits per heavy atom. The maximum atomic E-state index is 12.4. The van der Waals surface area contributed by atoms with Crippen LogP contribution in [-0.2, 0) is 24.4 Å². The Bertz CT molecular complexity index is 606. The number of amides is 1. The summed E-state index contributed by atoms with van der Waals surface area (Å²) in [6.45, 7) is 5.88. The SMILES string of the molecule is CCn1ccc(CN(C)C(=O)C(C)Cn2cc(Br)cn2)n1. The predicted molar refractivity (Wildman–Crippen MR) is 83.5 cm³/mol. The van der Waals surface area contributed by atoms with Crippen LogP contribution in [0.3, 0.4) is 0 Å². The van der Waals surface area contributed by atoms with Gasteiger partial charge in [-0.1, -0.05) is 6.92 Å². The molecular weight excluding hydrogens is 334 g/mol. The van der Waals surface area contributed by atoms with Gasteiger partial charge in [-0.05, 0) is 28.9 Å². The minimum Gasteiger partial charge on any atom is -0.339 e. The molecule has 0 saturated heterocycles. The van der Waals surface area contributed by atoms with Crippen LogP contribution in [-0.4, -0.2) is 37.4 Å². The number of hydrogen-bond acceptors (Lipinski definition) is 3. The molecule has 6 nitrogen and oxygen atoms in total. The van der Waals surface area contributed by atoms with Crippen molar-refractivity contribution in [1.29, 1.82) is 0 Å². The van der Waals surface area contributed by atoms with Crippen molar-refractivity contribution in [3.8, 4) is 0 Å². The normalized spacial score (nSPS) is 12.4. The fourth-order valence-corrected chi connectivity index (χ4v) is 2.49. The van der Waals surface area contributed by atoms with Gasteiger partial charge in [-0.15, -0.1) is 0 Å². The summed E-state index contributed by atoms with van der Waals surface area (Å²) in [7, 11) is 1.81. The highest BCUT2D eigenvalue weighted by molar-refractivity contribution is 9.10. The van der Waals surface area contributed by atoms with E-state index in [1.54, 1.807) is 15.8 Å². The molecule has 2 rings (SSSR count). The molecule has 0 radical (unpaired) electrons. The van der Waals surface area contributed by atoms with Crippen molar-refractivity contribution in [3.05, 3.63) is 34.8 Å². The molecule has 0 fully saturated rings. The molecule has 2 heterocycles. The van der Waals surface area contributed by atoms with Crippen LogP contribution in [0.5, 0.6) is 0 Å². The van der Waals surface area contributed by atoms with Gasteiger partial charge in [0.1, 0.15) is 0 Å². The second kappa shape index (κ2) is 6.89. The molecule has 0 aliphatic carbocycles. The number of carbonyl (C=O) groups excluding carboxylic acids is 1. The predicted octanol–water partition coefficient (Wildman–Crippen LogP) is 2.16. The van der Waals surface area contributed by atoms with Gasteiger partial charge in [0.2, 0.25) is 5.91 Å². The van der Waals surface area contributed by atoms with E-state index in [2.05, 4.69) is 26.1 Å². The Morgan fingerprint density at radius 3 is 2.81 bits per heavy atom. The minimum absolute atomic E-state index is 0.0904. The van der Waals surface area contributed by atoms with Gasteiger partial charge in [0.15, 0.2) is 0 Å². The van der Waals surface area contributed by atoms with Gasteiger partial charge in [-0.25, -0.2) is 0 Å². The van der Waals surface area contributed by atoms with Gasteiger partial charge in [-0.2, -0.15) is 10.2 Å².